The zero-order chi connectivity index (χ0) is 17.1. The van der Waals surface area contributed by atoms with Gasteiger partial charge in [-0.05, 0) is 43.0 Å². The van der Waals surface area contributed by atoms with Crippen molar-refractivity contribution in [3.8, 4) is 0 Å². The van der Waals surface area contributed by atoms with Gasteiger partial charge in [-0.25, -0.2) is 4.98 Å². The number of hydrogen-bond acceptors (Lipinski definition) is 3. The first-order valence-corrected chi connectivity index (χ1v) is 9.10. The second-order valence-electron chi connectivity index (χ2n) is 6.69. The van der Waals surface area contributed by atoms with E-state index in [1.807, 2.05) is 24.3 Å². The lowest BCUT2D eigenvalue weighted by Crippen LogP contribution is -2.33. The average molecular weight is 333 g/mol. The van der Waals surface area contributed by atoms with Gasteiger partial charge in [0.15, 0.2) is 0 Å². The van der Waals surface area contributed by atoms with Crippen LogP contribution in [0.4, 0.5) is 5.69 Å². The van der Waals surface area contributed by atoms with Crippen LogP contribution in [0.15, 0.2) is 59.7 Å². The number of fused-ring (bicyclic) bond motifs is 2. The Hall–Kier alpha value is -2.62. The highest BCUT2D eigenvalue weighted by Crippen LogP contribution is 2.25. The number of nitrogens with zero attached hydrogens (tertiary/aromatic N) is 3. The van der Waals surface area contributed by atoms with Gasteiger partial charge in [-0.1, -0.05) is 36.8 Å². The summed E-state index contributed by atoms with van der Waals surface area (Å²) in [7, 11) is 0. The predicted molar refractivity (Wildman–Crippen MR) is 102 cm³/mol. The third kappa shape index (κ3) is 3.29. The summed E-state index contributed by atoms with van der Waals surface area (Å²) in [6, 6.07) is 16.2. The maximum Gasteiger partial charge on any atom is 0.261 e. The van der Waals surface area contributed by atoms with Crippen molar-refractivity contribution < 1.29 is 0 Å². The minimum Gasteiger partial charge on any atom is -0.370 e. The Morgan fingerprint density at radius 1 is 0.920 bits per heavy atom. The first kappa shape index (κ1) is 15.9. The molecule has 4 heteroatoms. The molecule has 1 aliphatic heterocycles. The van der Waals surface area contributed by atoms with Gasteiger partial charge in [0.2, 0.25) is 0 Å². The van der Waals surface area contributed by atoms with E-state index in [1.54, 1.807) is 10.9 Å². The Labute approximate surface area is 147 Å². The Kier molecular flexibility index (Phi) is 4.51. The summed E-state index contributed by atoms with van der Waals surface area (Å²) in [5.41, 5.74) is 3.56. The molecule has 0 N–H and O–H groups in total. The minimum atomic E-state index is 0.0472. The smallest absolute Gasteiger partial charge is 0.261 e. The van der Waals surface area contributed by atoms with Gasteiger partial charge >= 0.3 is 0 Å². The largest absolute Gasteiger partial charge is 0.370 e. The fraction of sp³-hybridized carbons (Fsp3) is 0.333. The Morgan fingerprint density at radius 2 is 1.76 bits per heavy atom. The van der Waals surface area contributed by atoms with Crippen molar-refractivity contribution >= 4 is 16.6 Å². The van der Waals surface area contributed by atoms with E-state index >= 15 is 0 Å². The highest BCUT2D eigenvalue weighted by atomic mass is 16.1. The van der Waals surface area contributed by atoms with E-state index in [9.17, 15) is 4.79 Å². The molecule has 0 spiro atoms. The lowest BCUT2D eigenvalue weighted by atomic mass is 10.0. The molecule has 1 aromatic heterocycles. The fourth-order valence-corrected chi connectivity index (χ4v) is 3.67. The van der Waals surface area contributed by atoms with Crippen LogP contribution in [0.3, 0.4) is 0 Å². The van der Waals surface area contributed by atoms with Gasteiger partial charge in [0.25, 0.3) is 5.56 Å². The number of benzene rings is 2. The second kappa shape index (κ2) is 7.09. The van der Waals surface area contributed by atoms with Crippen molar-refractivity contribution in [3.05, 3.63) is 70.8 Å². The van der Waals surface area contributed by atoms with Gasteiger partial charge in [0.05, 0.1) is 17.2 Å². The average Bonchev–Trinajstić information content (AvgIpc) is 2.64. The molecule has 4 rings (SSSR count). The van der Waals surface area contributed by atoms with Crippen molar-refractivity contribution in [2.24, 2.45) is 0 Å². The fourth-order valence-electron chi connectivity index (χ4n) is 3.67. The molecule has 0 fully saturated rings. The first-order chi connectivity index (χ1) is 12.3. The standard InChI is InChI=1S/C21H23N3O/c25-21-18-10-4-5-11-19(18)22-16-24(21)15-14-23-13-7-1-2-8-17-9-3-6-12-20(17)23/h3-6,9-12,16H,1-2,7-8,13-15H2. The van der Waals surface area contributed by atoms with Crippen LogP contribution in [0, 0.1) is 0 Å². The molecule has 0 radical (unpaired) electrons. The molecular formula is C21H23N3O. The molecule has 0 atom stereocenters. The van der Waals surface area contributed by atoms with Crippen LogP contribution in [0.2, 0.25) is 0 Å². The molecule has 0 unspecified atom stereocenters. The van der Waals surface area contributed by atoms with Gasteiger partial charge < -0.3 is 4.90 Å². The van der Waals surface area contributed by atoms with Crippen LogP contribution in [-0.2, 0) is 13.0 Å². The lowest BCUT2D eigenvalue weighted by Gasteiger charge is -2.29. The van der Waals surface area contributed by atoms with Crippen LogP contribution in [-0.4, -0.2) is 22.6 Å². The van der Waals surface area contributed by atoms with Crippen molar-refractivity contribution in [1.29, 1.82) is 0 Å². The van der Waals surface area contributed by atoms with E-state index in [0.29, 0.717) is 11.9 Å². The Morgan fingerprint density at radius 3 is 2.72 bits per heavy atom. The van der Waals surface area contributed by atoms with E-state index in [2.05, 4.69) is 34.1 Å². The van der Waals surface area contributed by atoms with E-state index in [-0.39, 0.29) is 5.56 Å². The molecule has 2 aromatic carbocycles. The first-order valence-electron chi connectivity index (χ1n) is 9.10. The van der Waals surface area contributed by atoms with Crippen molar-refractivity contribution in [2.75, 3.05) is 18.0 Å². The summed E-state index contributed by atoms with van der Waals surface area (Å²) in [6.45, 7) is 2.54. The number of anilines is 1. The van der Waals surface area contributed by atoms with Crippen molar-refractivity contribution in [1.82, 2.24) is 9.55 Å². The van der Waals surface area contributed by atoms with Gasteiger partial charge in [0.1, 0.15) is 0 Å². The molecule has 25 heavy (non-hydrogen) atoms. The van der Waals surface area contributed by atoms with Gasteiger partial charge in [-0.2, -0.15) is 0 Å². The summed E-state index contributed by atoms with van der Waals surface area (Å²) in [6.07, 6.45) is 6.56. The highest BCUT2D eigenvalue weighted by molar-refractivity contribution is 5.76. The van der Waals surface area contributed by atoms with Crippen molar-refractivity contribution in [2.45, 2.75) is 32.2 Å². The molecule has 128 valence electrons. The summed E-state index contributed by atoms with van der Waals surface area (Å²) < 4.78 is 1.74. The predicted octanol–water partition coefficient (Wildman–Crippen LogP) is 3.63. The normalized spacial score (nSPS) is 14.8. The quantitative estimate of drug-likeness (QED) is 0.734. The molecule has 0 saturated carbocycles. The molecule has 0 amide bonds. The summed E-state index contributed by atoms with van der Waals surface area (Å²) in [5.74, 6) is 0. The zero-order valence-corrected chi connectivity index (χ0v) is 14.4. The Balaban J connectivity index is 1.59. The van der Waals surface area contributed by atoms with Gasteiger partial charge in [-0.3, -0.25) is 9.36 Å². The van der Waals surface area contributed by atoms with Gasteiger partial charge in [0, 0.05) is 25.3 Å². The Bertz CT molecular complexity index is 932. The van der Waals surface area contributed by atoms with E-state index in [4.69, 9.17) is 0 Å². The number of para-hydroxylation sites is 2. The second-order valence-corrected chi connectivity index (χ2v) is 6.69. The number of aromatic nitrogens is 2. The third-order valence-electron chi connectivity index (χ3n) is 5.05. The number of aryl methyl sites for hydroxylation is 1. The topological polar surface area (TPSA) is 38.1 Å². The van der Waals surface area contributed by atoms with E-state index < -0.39 is 0 Å². The SMILES string of the molecule is O=c1c2ccccc2ncn1CCN1CCCCCc2ccccc21. The molecular weight excluding hydrogens is 310 g/mol. The molecule has 1 aliphatic rings. The monoisotopic (exact) mass is 333 g/mol. The van der Waals surface area contributed by atoms with Gasteiger partial charge in [-0.15, -0.1) is 0 Å². The summed E-state index contributed by atoms with van der Waals surface area (Å²) >= 11 is 0. The van der Waals surface area contributed by atoms with Crippen LogP contribution in [0.5, 0.6) is 0 Å². The van der Waals surface area contributed by atoms with E-state index in [0.717, 1.165) is 25.0 Å². The maximum absolute atomic E-state index is 12.7. The molecule has 0 aliphatic carbocycles. The van der Waals surface area contributed by atoms with Crippen molar-refractivity contribution in [3.63, 3.8) is 0 Å². The summed E-state index contributed by atoms with van der Waals surface area (Å²) in [4.78, 5) is 19.5. The maximum atomic E-state index is 12.7. The summed E-state index contributed by atoms with van der Waals surface area (Å²) in [5, 5.41) is 0.693. The number of rotatable bonds is 3. The van der Waals surface area contributed by atoms with E-state index in [1.165, 1.54) is 30.5 Å². The number of hydrogen-bond donors (Lipinski definition) is 0. The van der Waals surface area contributed by atoms with Crippen LogP contribution in [0.1, 0.15) is 24.8 Å². The molecule has 0 saturated heterocycles. The highest BCUT2D eigenvalue weighted by Gasteiger charge is 2.14. The molecule has 2 heterocycles. The molecule has 3 aromatic rings. The molecule has 0 bridgehead atoms. The zero-order valence-electron chi connectivity index (χ0n) is 14.4. The van der Waals surface area contributed by atoms with Crippen LogP contribution >= 0.6 is 0 Å². The van der Waals surface area contributed by atoms with Crippen LogP contribution < -0.4 is 10.5 Å². The van der Waals surface area contributed by atoms with Crippen LogP contribution in [0.25, 0.3) is 10.9 Å². The lowest BCUT2D eigenvalue weighted by molar-refractivity contribution is 0.589. The minimum absolute atomic E-state index is 0.0472. The third-order valence-corrected chi connectivity index (χ3v) is 5.05. The molecule has 4 nitrogen and oxygen atoms in total.